The standard InChI is InChI=1S/C7H10BrNOS/c1-6-5-11-7(10)9(6)4-2-3-8/h5H,2-4H2,1H3. The monoisotopic (exact) mass is 235 g/mol. The zero-order valence-corrected chi connectivity index (χ0v) is 8.74. The van der Waals surface area contributed by atoms with Gasteiger partial charge in [0.25, 0.3) is 0 Å². The van der Waals surface area contributed by atoms with E-state index in [2.05, 4.69) is 15.9 Å². The van der Waals surface area contributed by atoms with Crippen molar-refractivity contribution in [2.75, 3.05) is 5.33 Å². The van der Waals surface area contributed by atoms with Crippen molar-refractivity contribution >= 4 is 27.3 Å². The third kappa shape index (κ3) is 2.17. The Bertz CT molecular complexity index is 278. The predicted octanol–water partition coefficient (Wildman–Crippen LogP) is 2.00. The Hall–Kier alpha value is -0.0900. The number of halogens is 1. The molecule has 0 aliphatic heterocycles. The summed E-state index contributed by atoms with van der Waals surface area (Å²) >= 11 is 4.61. The molecule has 1 rings (SSSR count). The Balaban J connectivity index is 2.75. The van der Waals surface area contributed by atoms with Crippen LogP contribution in [0.1, 0.15) is 12.1 Å². The molecule has 0 unspecified atom stereocenters. The van der Waals surface area contributed by atoms with E-state index in [-0.39, 0.29) is 4.87 Å². The fourth-order valence-corrected chi connectivity index (χ4v) is 1.90. The van der Waals surface area contributed by atoms with E-state index in [1.165, 1.54) is 11.3 Å². The highest BCUT2D eigenvalue weighted by Crippen LogP contribution is 2.01. The molecule has 1 heterocycles. The molecule has 0 bridgehead atoms. The van der Waals surface area contributed by atoms with E-state index in [0.29, 0.717) is 0 Å². The minimum atomic E-state index is 0.156. The van der Waals surface area contributed by atoms with Gasteiger partial charge in [-0.1, -0.05) is 27.3 Å². The Labute approximate surface area is 78.0 Å². The van der Waals surface area contributed by atoms with Crippen molar-refractivity contribution in [2.24, 2.45) is 0 Å². The fraction of sp³-hybridized carbons (Fsp3) is 0.571. The van der Waals surface area contributed by atoms with Crippen LogP contribution in [0.15, 0.2) is 10.2 Å². The van der Waals surface area contributed by atoms with Crippen LogP contribution in [0.5, 0.6) is 0 Å². The Kier molecular flexibility index (Phi) is 3.33. The first kappa shape index (κ1) is 9.00. The predicted molar refractivity (Wildman–Crippen MR) is 51.7 cm³/mol. The van der Waals surface area contributed by atoms with E-state index in [0.717, 1.165) is 24.0 Å². The van der Waals surface area contributed by atoms with Crippen molar-refractivity contribution < 1.29 is 0 Å². The molecule has 0 fully saturated rings. The van der Waals surface area contributed by atoms with Gasteiger partial charge in [0.2, 0.25) is 0 Å². The number of aromatic nitrogens is 1. The molecule has 0 amide bonds. The SMILES string of the molecule is Cc1csc(=O)n1CCCBr. The second-order valence-electron chi connectivity index (χ2n) is 2.34. The van der Waals surface area contributed by atoms with Gasteiger partial charge in [0.1, 0.15) is 0 Å². The Morgan fingerprint density at radius 1 is 1.73 bits per heavy atom. The highest BCUT2D eigenvalue weighted by atomic mass is 79.9. The summed E-state index contributed by atoms with van der Waals surface area (Å²) in [5.74, 6) is 0. The molecule has 0 N–H and O–H groups in total. The molecular formula is C7H10BrNOS. The summed E-state index contributed by atoms with van der Waals surface area (Å²) in [7, 11) is 0. The van der Waals surface area contributed by atoms with Crippen LogP contribution in [0.25, 0.3) is 0 Å². The number of hydrogen-bond acceptors (Lipinski definition) is 2. The molecule has 0 atom stereocenters. The lowest BCUT2D eigenvalue weighted by Crippen LogP contribution is -2.14. The van der Waals surface area contributed by atoms with Crippen LogP contribution >= 0.6 is 27.3 Å². The van der Waals surface area contributed by atoms with Gasteiger partial charge in [-0.05, 0) is 13.3 Å². The van der Waals surface area contributed by atoms with Crippen molar-refractivity contribution in [2.45, 2.75) is 19.9 Å². The summed E-state index contributed by atoms with van der Waals surface area (Å²) in [5.41, 5.74) is 1.07. The van der Waals surface area contributed by atoms with E-state index in [1.54, 1.807) is 0 Å². The normalized spacial score (nSPS) is 10.4. The van der Waals surface area contributed by atoms with Gasteiger partial charge in [0.05, 0.1) is 0 Å². The maximum absolute atomic E-state index is 11.1. The summed E-state index contributed by atoms with van der Waals surface area (Å²) in [6.07, 6.45) is 1.01. The topological polar surface area (TPSA) is 22.0 Å². The summed E-state index contributed by atoms with van der Waals surface area (Å²) in [4.78, 5) is 11.3. The van der Waals surface area contributed by atoms with Crippen molar-refractivity contribution in [3.05, 3.63) is 20.7 Å². The van der Waals surface area contributed by atoms with Crippen LogP contribution in [-0.2, 0) is 6.54 Å². The Morgan fingerprint density at radius 2 is 2.45 bits per heavy atom. The molecule has 0 radical (unpaired) electrons. The summed E-state index contributed by atoms with van der Waals surface area (Å²) in [5, 5.41) is 2.85. The van der Waals surface area contributed by atoms with E-state index < -0.39 is 0 Å². The number of alkyl halides is 1. The smallest absolute Gasteiger partial charge is 0.303 e. The number of hydrogen-bond donors (Lipinski definition) is 0. The van der Waals surface area contributed by atoms with Crippen molar-refractivity contribution in [3.8, 4) is 0 Å². The first-order chi connectivity index (χ1) is 5.25. The lowest BCUT2D eigenvalue weighted by atomic mass is 10.4. The van der Waals surface area contributed by atoms with Gasteiger partial charge in [-0.15, -0.1) is 0 Å². The highest BCUT2D eigenvalue weighted by Gasteiger charge is 1.99. The van der Waals surface area contributed by atoms with Gasteiger partial charge in [-0.3, -0.25) is 4.79 Å². The van der Waals surface area contributed by atoms with Crippen molar-refractivity contribution in [3.63, 3.8) is 0 Å². The zero-order chi connectivity index (χ0) is 8.27. The summed E-state index contributed by atoms with van der Waals surface area (Å²) < 4.78 is 1.81. The second kappa shape index (κ2) is 4.07. The van der Waals surface area contributed by atoms with Gasteiger partial charge in [-0.25, -0.2) is 0 Å². The van der Waals surface area contributed by atoms with Gasteiger partial charge in [0, 0.05) is 22.9 Å². The maximum Gasteiger partial charge on any atom is 0.307 e. The van der Waals surface area contributed by atoms with Crippen LogP contribution in [0, 0.1) is 6.92 Å². The van der Waals surface area contributed by atoms with E-state index in [4.69, 9.17) is 0 Å². The zero-order valence-electron chi connectivity index (χ0n) is 6.34. The molecule has 1 aromatic heterocycles. The average Bonchev–Trinajstić information content (AvgIpc) is 2.29. The summed E-state index contributed by atoms with van der Waals surface area (Å²) in [6, 6.07) is 0. The maximum atomic E-state index is 11.1. The second-order valence-corrected chi connectivity index (χ2v) is 3.95. The first-order valence-corrected chi connectivity index (χ1v) is 5.46. The van der Waals surface area contributed by atoms with Crippen LogP contribution < -0.4 is 4.87 Å². The lowest BCUT2D eigenvalue weighted by Gasteiger charge is -2.00. The molecule has 11 heavy (non-hydrogen) atoms. The molecule has 4 heteroatoms. The number of nitrogens with zero attached hydrogens (tertiary/aromatic N) is 1. The number of thiazole rings is 1. The van der Waals surface area contributed by atoms with Crippen molar-refractivity contribution in [1.82, 2.24) is 4.57 Å². The Morgan fingerprint density at radius 3 is 2.91 bits per heavy atom. The fourth-order valence-electron chi connectivity index (χ4n) is 0.892. The van der Waals surface area contributed by atoms with Crippen LogP contribution in [-0.4, -0.2) is 9.90 Å². The molecule has 0 aliphatic rings. The van der Waals surface area contributed by atoms with Gasteiger partial charge < -0.3 is 4.57 Å². The lowest BCUT2D eigenvalue weighted by molar-refractivity contribution is 0.657. The largest absolute Gasteiger partial charge is 0.307 e. The quantitative estimate of drug-likeness (QED) is 0.736. The number of aryl methyl sites for hydroxylation is 1. The third-order valence-electron chi connectivity index (χ3n) is 1.49. The van der Waals surface area contributed by atoms with Crippen LogP contribution in [0.2, 0.25) is 0 Å². The van der Waals surface area contributed by atoms with Crippen LogP contribution in [0.4, 0.5) is 0 Å². The van der Waals surface area contributed by atoms with E-state index >= 15 is 0 Å². The van der Waals surface area contributed by atoms with E-state index in [1.807, 2.05) is 16.9 Å². The highest BCUT2D eigenvalue weighted by molar-refractivity contribution is 9.09. The van der Waals surface area contributed by atoms with Gasteiger partial charge in [-0.2, -0.15) is 0 Å². The van der Waals surface area contributed by atoms with Crippen molar-refractivity contribution in [1.29, 1.82) is 0 Å². The molecule has 0 aliphatic carbocycles. The average molecular weight is 236 g/mol. The number of rotatable bonds is 3. The molecule has 62 valence electrons. The third-order valence-corrected chi connectivity index (χ3v) is 2.93. The molecule has 0 aromatic carbocycles. The van der Waals surface area contributed by atoms with E-state index in [9.17, 15) is 4.79 Å². The molecule has 0 saturated heterocycles. The van der Waals surface area contributed by atoms with Gasteiger partial charge in [0.15, 0.2) is 0 Å². The van der Waals surface area contributed by atoms with Gasteiger partial charge >= 0.3 is 4.87 Å². The summed E-state index contributed by atoms with van der Waals surface area (Å²) in [6.45, 7) is 2.80. The molecule has 0 spiro atoms. The molecule has 2 nitrogen and oxygen atoms in total. The molecule has 0 saturated carbocycles. The molecule has 1 aromatic rings. The minimum absolute atomic E-state index is 0.156. The van der Waals surface area contributed by atoms with Crippen LogP contribution in [0.3, 0.4) is 0 Å². The first-order valence-electron chi connectivity index (χ1n) is 3.46. The minimum Gasteiger partial charge on any atom is -0.303 e. The molecular weight excluding hydrogens is 226 g/mol.